The molecule has 0 aliphatic carbocycles. The first-order valence-electron chi connectivity index (χ1n) is 9.80. The maximum Gasteiger partial charge on any atom is 0.227 e. The fraction of sp³-hybridized carbons (Fsp3) is 0.273. The Morgan fingerprint density at radius 2 is 1.97 bits per heavy atom. The van der Waals surface area contributed by atoms with Crippen LogP contribution in [0, 0.1) is 6.92 Å². The van der Waals surface area contributed by atoms with Crippen molar-refractivity contribution in [1.82, 2.24) is 25.2 Å². The number of imidazole rings is 1. The van der Waals surface area contributed by atoms with Crippen LogP contribution in [-0.4, -0.2) is 52.4 Å². The molecule has 0 aliphatic rings. The first-order valence-corrected chi connectivity index (χ1v) is 9.80. The second-order valence-electron chi connectivity index (χ2n) is 6.90. The van der Waals surface area contributed by atoms with Gasteiger partial charge in [-0.1, -0.05) is 36.4 Å². The van der Waals surface area contributed by atoms with Crippen LogP contribution in [0.3, 0.4) is 0 Å². The van der Waals surface area contributed by atoms with Gasteiger partial charge in [0.05, 0.1) is 18.4 Å². The van der Waals surface area contributed by atoms with E-state index in [1.807, 2.05) is 67.5 Å². The summed E-state index contributed by atoms with van der Waals surface area (Å²) >= 11 is 0. The zero-order chi connectivity index (χ0) is 21.3. The van der Waals surface area contributed by atoms with Gasteiger partial charge in [0.15, 0.2) is 5.96 Å². The van der Waals surface area contributed by atoms with E-state index in [2.05, 4.69) is 30.6 Å². The van der Waals surface area contributed by atoms with Gasteiger partial charge < -0.3 is 20.5 Å². The molecule has 30 heavy (non-hydrogen) atoms. The van der Waals surface area contributed by atoms with Crippen molar-refractivity contribution in [2.24, 2.45) is 4.99 Å². The minimum Gasteiger partial charge on any atom is -0.356 e. The molecule has 156 valence electrons. The van der Waals surface area contributed by atoms with Crippen molar-refractivity contribution in [2.45, 2.75) is 19.9 Å². The number of amides is 1. The van der Waals surface area contributed by atoms with Crippen LogP contribution in [0.25, 0.3) is 11.3 Å². The number of pyridine rings is 1. The number of anilines is 1. The third-order valence-electron chi connectivity index (χ3n) is 4.46. The van der Waals surface area contributed by atoms with Gasteiger partial charge in [-0.2, -0.15) is 0 Å². The summed E-state index contributed by atoms with van der Waals surface area (Å²) in [6.45, 7) is 2.91. The normalized spacial score (nSPS) is 11.2. The molecule has 0 aliphatic heterocycles. The fourth-order valence-corrected chi connectivity index (χ4v) is 3.00. The average molecular weight is 406 g/mol. The highest BCUT2D eigenvalue weighted by Gasteiger charge is 2.11. The highest BCUT2D eigenvalue weighted by Crippen LogP contribution is 2.16. The van der Waals surface area contributed by atoms with Crippen LogP contribution in [0.4, 0.5) is 5.82 Å². The minimum absolute atomic E-state index is 0.0998. The smallest absolute Gasteiger partial charge is 0.227 e. The number of H-pyrrole nitrogens is 1. The molecule has 0 saturated carbocycles. The van der Waals surface area contributed by atoms with E-state index in [1.54, 1.807) is 13.1 Å². The Bertz CT molecular complexity index is 997. The summed E-state index contributed by atoms with van der Waals surface area (Å²) in [5.41, 5.74) is 2.93. The first-order chi connectivity index (χ1) is 14.5. The van der Waals surface area contributed by atoms with Gasteiger partial charge >= 0.3 is 0 Å². The highest BCUT2D eigenvalue weighted by molar-refractivity contribution is 5.90. The maximum absolute atomic E-state index is 12.1. The largest absolute Gasteiger partial charge is 0.356 e. The Labute approximate surface area is 176 Å². The van der Waals surface area contributed by atoms with Crippen LogP contribution in [0.1, 0.15) is 17.9 Å². The Balaban J connectivity index is 1.47. The summed E-state index contributed by atoms with van der Waals surface area (Å²) in [5.74, 6) is 1.99. The molecular weight excluding hydrogens is 378 g/mol. The number of aromatic nitrogens is 3. The number of aromatic amines is 1. The molecule has 0 radical (unpaired) electrons. The van der Waals surface area contributed by atoms with E-state index in [0.717, 1.165) is 22.8 Å². The lowest BCUT2D eigenvalue weighted by atomic mass is 10.2. The van der Waals surface area contributed by atoms with Gasteiger partial charge in [-0.15, -0.1) is 0 Å². The number of rotatable bonds is 7. The standard InChI is InChI=1S/C22H27N7O/c1-16-8-7-11-19(26-16)28-21(30)12-13-24-22(23-2)29(3)15-20-25-14-18(27-20)17-9-5-4-6-10-17/h4-11,14H,12-13,15H2,1-3H3,(H,23,24)(H,25,27)(H,26,28,30). The molecule has 1 amide bonds. The maximum atomic E-state index is 12.1. The number of hydrogen-bond donors (Lipinski definition) is 3. The van der Waals surface area contributed by atoms with Crippen molar-refractivity contribution >= 4 is 17.7 Å². The lowest BCUT2D eigenvalue weighted by Gasteiger charge is -2.21. The van der Waals surface area contributed by atoms with E-state index in [-0.39, 0.29) is 5.91 Å². The van der Waals surface area contributed by atoms with Crippen LogP contribution >= 0.6 is 0 Å². The zero-order valence-corrected chi connectivity index (χ0v) is 17.5. The summed E-state index contributed by atoms with van der Waals surface area (Å²) in [5, 5.41) is 6.01. The summed E-state index contributed by atoms with van der Waals surface area (Å²) in [6.07, 6.45) is 2.14. The zero-order valence-electron chi connectivity index (χ0n) is 17.5. The molecule has 0 spiro atoms. The molecule has 8 nitrogen and oxygen atoms in total. The molecule has 2 aromatic heterocycles. The van der Waals surface area contributed by atoms with Crippen molar-refractivity contribution in [3.63, 3.8) is 0 Å². The quantitative estimate of drug-likeness (QED) is 0.415. The molecule has 3 rings (SSSR count). The van der Waals surface area contributed by atoms with Crippen molar-refractivity contribution in [1.29, 1.82) is 0 Å². The van der Waals surface area contributed by atoms with Crippen LogP contribution < -0.4 is 10.6 Å². The molecule has 0 fully saturated rings. The molecule has 8 heteroatoms. The van der Waals surface area contributed by atoms with E-state index in [4.69, 9.17) is 0 Å². The Morgan fingerprint density at radius 3 is 2.70 bits per heavy atom. The van der Waals surface area contributed by atoms with E-state index >= 15 is 0 Å². The minimum atomic E-state index is -0.0998. The van der Waals surface area contributed by atoms with Crippen molar-refractivity contribution in [3.05, 3.63) is 66.2 Å². The van der Waals surface area contributed by atoms with Gasteiger partial charge in [-0.25, -0.2) is 9.97 Å². The van der Waals surface area contributed by atoms with E-state index in [9.17, 15) is 4.79 Å². The summed E-state index contributed by atoms with van der Waals surface area (Å²) in [4.78, 5) is 30.4. The van der Waals surface area contributed by atoms with Crippen LogP contribution in [0.15, 0.2) is 59.7 Å². The number of aryl methyl sites for hydroxylation is 1. The van der Waals surface area contributed by atoms with Gasteiger partial charge in [0.1, 0.15) is 11.6 Å². The number of carbonyl (C=O) groups excluding carboxylic acids is 1. The number of guanidine groups is 1. The van der Waals surface area contributed by atoms with Crippen LogP contribution in [0.5, 0.6) is 0 Å². The molecule has 0 unspecified atom stereocenters. The Hall–Kier alpha value is -3.68. The summed E-state index contributed by atoms with van der Waals surface area (Å²) in [6, 6.07) is 15.6. The third kappa shape index (κ3) is 5.91. The lowest BCUT2D eigenvalue weighted by molar-refractivity contribution is -0.116. The molecule has 0 atom stereocenters. The second-order valence-corrected chi connectivity index (χ2v) is 6.90. The molecule has 3 aromatic rings. The van der Waals surface area contributed by atoms with Crippen LogP contribution in [-0.2, 0) is 11.3 Å². The molecule has 3 N–H and O–H groups in total. The lowest BCUT2D eigenvalue weighted by Crippen LogP contribution is -2.39. The number of hydrogen-bond acceptors (Lipinski definition) is 4. The fourth-order valence-electron chi connectivity index (χ4n) is 3.00. The number of aliphatic imine (C=N–C) groups is 1. The highest BCUT2D eigenvalue weighted by atomic mass is 16.1. The topological polar surface area (TPSA) is 98.3 Å². The molecule has 1 aromatic carbocycles. The molecule has 0 bridgehead atoms. The summed E-state index contributed by atoms with van der Waals surface area (Å²) in [7, 11) is 3.64. The summed E-state index contributed by atoms with van der Waals surface area (Å²) < 4.78 is 0. The van der Waals surface area contributed by atoms with Gasteiger partial charge in [-0.3, -0.25) is 9.79 Å². The Kier molecular flexibility index (Phi) is 7.15. The predicted octanol–water partition coefficient (Wildman–Crippen LogP) is 2.82. The Morgan fingerprint density at radius 1 is 1.17 bits per heavy atom. The van der Waals surface area contributed by atoms with Crippen molar-refractivity contribution < 1.29 is 4.79 Å². The molecule has 0 saturated heterocycles. The number of benzene rings is 1. The average Bonchev–Trinajstić information content (AvgIpc) is 3.20. The number of carbonyl (C=O) groups is 1. The monoisotopic (exact) mass is 405 g/mol. The van der Waals surface area contributed by atoms with E-state index in [1.165, 1.54) is 0 Å². The third-order valence-corrected chi connectivity index (χ3v) is 4.46. The van der Waals surface area contributed by atoms with Crippen molar-refractivity contribution in [3.8, 4) is 11.3 Å². The molecule has 2 heterocycles. The van der Waals surface area contributed by atoms with Crippen LogP contribution in [0.2, 0.25) is 0 Å². The van der Waals surface area contributed by atoms with Gasteiger partial charge in [0, 0.05) is 32.8 Å². The first kappa shape index (κ1) is 21.0. The van der Waals surface area contributed by atoms with Gasteiger partial charge in [-0.05, 0) is 24.6 Å². The van der Waals surface area contributed by atoms with E-state index < -0.39 is 0 Å². The molecular formula is C22H27N7O. The van der Waals surface area contributed by atoms with Crippen molar-refractivity contribution in [2.75, 3.05) is 26.0 Å². The number of nitrogens with one attached hydrogen (secondary N) is 3. The predicted molar refractivity (Wildman–Crippen MR) is 119 cm³/mol. The SMILES string of the molecule is CN=C(NCCC(=O)Nc1cccc(C)n1)N(C)Cc1ncc(-c2ccccc2)[nH]1. The second kappa shape index (κ2) is 10.2. The van der Waals surface area contributed by atoms with E-state index in [0.29, 0.717) is 31.3 Å². The van der Waals surface area contributed by atoms with Gasteiger partial charge in [0.25, 0.3) is 0 Å². The van der Waals surface area contributed by atoms with Gasteiger partial charge in [0.2, 0.25) is 5.91 Å². The number of nitrogens with zero attached hydrogens (tertiary/aromatic N) is 4.